The fraction of sp³-hybridized carbons (Fsp3) is 0.0667. The molecule has 0 saturated heterocycles. The van der Waals surface area contributed by atoms with Crippen molar-refractivity contribution in [2.75, 3.05) is 11.1 Å². The van der Waals surface area contributed by atoms with E-state index in [1.54, 1.807) is 6.20 Å². The van der Waals surface area contributed by atoms with E-state index in [1.807, 2.05) is 13.0 Å². The number of aromatic nitrogens is 1. The van der Waals surface area contributed by atoms with E-state index in [4.69, 9.17) is 5.73 Å². The second-order valence-corrected chi connectivity index (χ2v) is 5.81. The van der Waals surface area contributed by atoms with Crippen LogP contribution in [-0.4, -0.2) is 21.1 Å². The topological polar surface area (TPSA) is 108 Å². The van der Waals surface area contributed by atoms with E-state index in [-0.39, 0.29) is 17.4 Å². The number of rotatable bonds is 2. The number of nitrogens with zero attached hydrogens (tertiary/aromatic N) is 1. The quantitative estimate of drug-likeness (QED) is 0.429. The van der Waals surface area contributed by atoms with Gasteiger partial charge in [0.15, 0.2) is 11.5 Å². The summed E-state index contributed by atoms with van der Waals surface area (Å²) < 4.78 is 0. The van der Waals surface area contributed by atoms with Gasteiger partial charge in [0.1, 0.15) is 9.71 Å². The number of hydrogen-bond donors (Lipinski definition) is 4. The Morgan fingerprint density at radius 2 is 2.05 bits per heavy atom. The van der Waals surface area contributed by atoms with Crippen molar-refractivity contribution in [3.05, 3.63) is 40.9 Å². The largest absolute Gasteiger partial charge is 0.504 e. The predicted octanol–water partition coefficient (Wildman–Crippen LogP) is 2.85. The van der Waals surface area contributed by atoms with Crippen molar-refractivity contribution in [1.82, 2.24) is 4.98 Å². The molecule has 2 heterocycles. The molecular weight excluding hydrogens is 302 g/mol. The summed E-state index contributed by atoms with van der Waals surface area (Å²) in [6, 6.07) is 5.89. The monoisotopic (exact) mass is 315 g/mol. The number of aryl methyl sites for hydroxylation is 1. The second kappa shape index (κ2) is 5.19. The molecule has 3 rings (SSSR count). The third kappa shape index (κ3) is 2.31. The van der Waals surface area contributed by atoms with Crippen LogP contribution in [0.25, 0.3) is 10.2 Å². The molecule has 0 aliphatic heterocycles. The molecule has 0 bridgehead atoms. The lowest BCUT2D eigenvalue weighted by atomic mass is 10.1. The highest BCUT2D eigenvalue weighted by Gasteiger charge is 2.18. The SMILES string of the molecule is Cc1ccnc2sc(C(=O)Nc3ccc(O)c(O)c3)c(N)c12. The first-order chi connectivity index (χ1) is 10.5. The average Bonchev–Trinajstić information content (AvgIpc) is 2.81. The first-order valence-electron chi connectivity index (χ1n) is 6.44. The van der Waals surface area contributed by atoms with Gasteiger partial charge in [0.2, 0.25) is 0 Å². The van der Waals surface area contributed by atoms with Crippen molar-refractivity contribution in [2.24, 2.45) is 0 Å². The maximum absolute atomic E-state index is 12.4. The summed E-state index contributed by atoms with van der Waals surface area (Å²) in [5, 5.41) is 22.2. The highest BCUT2D eigenvalue weighted by atomic mass is 32.1. The van der Waals surface area contributed by atoms with Crippen LogP contribution in [0.1, 0.15) is 15.2 Å². The van der Waals surface area contributed by atoms with Crippen LogP contribution in [0.4, 0.5) is 11.4 Å². The first kappa shape index (κ1) is 14.2. The van der Waals surface area contributed by atoms with Crippen LogP contribution in [0.2, 0.25) is 0 Å². The van der Waals surface area contributed by atoms with Crippen LogP contribution in [-0.2, 0) is 0 Å². The van der Waals surface area contributed by atoms with Gasteiger partial charge >= 0.3 is 0 Å². The van der Waals surface area contributed by atoms with Gasteiger partial charge in [0.05, 0.1) is 5.69 Å². The Balaban J connectivity index is 1.97. The first-order valence-corrected chi connectivity index (χ1v) is 7.26. The molecule has 5 N–H and O–H groups in total. The van der Waals surface area contributed by atoms with Crippen molar-refractivity contribution in [1.29, 1.82) is 0 Å². The minimum Gasteiger partial charge on any atom is -0.504 e. The van der Waals surface area contributed by atoms with E-state index in [1.165, 1.54) is 29.5 Å². The van der Waals surface area contributed by atoms with Gasteiger partial charge in [-0.25, -0.2) is 4.98 Å². The average molecular weight is 315 g/mol. The fourth-order valence-electron chi connectivity index (χ4n) is 2.16. The lowest BCUT2D eigenvalue weighted by molar-refractivity contribution is 0.103. The van der Waals surface area contributed by atoms with Crippen molar-refractivity contribution >= 4 is 38.8 Å². The zero-order valence-corrected chi connectivity index (χ0v) is 12.4. The molecule has 0 spiro atoms. The molecule has 0 radical (unpaired) electrons. The molecule has 0 unspecified atom stereocenters. The van der Waals surface area contributed by atoms with E-state index in [9.17, 15) is 15.0 Å². The Bertz CT molecular complexity index is 889. The molecule has 0 saturated carbocycles. The minimum absolute atomic E-state index is 0.251. The van der Waals surface area contributed by atoms with E-state index in [0.717, 1.165) is 10.9 Å². The van der Waals surface area contributed by atoms with Crippen LogP contribution in [0.3, 0.4) is 0 Å². The summed E-state index contributed by atoms with van der Waals surface area (Å²) in [6.45, 7) is 1.91. The normalized spacial score (nSPS) is 10.8. The number of nitrogen functional groups attached to an aromatic ring is 1. The van der Waals surface area contributed by atoms with Crippen LogP contribution < -0.4 is 11.1 Å². The van der Waals surface area contributed by atoms with Gasteiger partial charge in [0, 0.05) is 23.3 Å². The summed E-state index contributed by atoms with van der Waals surface area (Å²) in [7, 11) is 0. The van der Waals surface area contributed by atoms with E-state index < -0.39 is 0 Å². The molecule has 6 nitrogen and oxygen atoms in total. The number of phenols is 2. The van der Waals surface area contributed by atoms with Crippen LogP contribution in [0, 0.1) is 6.92 Å². The molecule has 2 aromatic heterocycles. The maximum Gasteiger partial charge on any atom is 0.267 e. The third-order valence-corrected chi connectivity index (χ3v) is 4.39. The second-order valence-electron chi connectivity index (χ2n) is 4.81. The Morgan fingerprint density at radius 3 is 2.73 bits per heavy atom. The molecule has 112 valence electrons. The highest BCUT2D eigenvalue weighted by molar-refractivity contribution is 7.21. The zero-order chi connectivity index (χ0) is 15.9. The van der Waals surface area contributed by atoms with Crippen molar-refractivity contribution < 1.29 is 15.0 Å². The summed E-state index contributed by atoms with van der Waals surface area (Å²) in [5.74, 6) is -0.941. The fourth-order valence-corrected chi connectivity index (χ4v) is 3.20. The zero-order valence-electron chi connectivity index (χ0n) is 11.6. The number of amides is 1. The number of benzene rings is 1. The molecule has 1 amide bonds. The number of carbonyl (C=O) groups excluding carboxylic acids is 1. The van der Waals surface area contributed by atoms with Gasteiger partial charge in [0.25, 0.3) is 5.91 Å². The molecular formula is C15H13N3O3S. The summed E-state index contributed by atoms with van der Waals surface area (Å²) in [4.78, 5) is 17.7. The van der Waals surface area contributed by atoms with Crippen LogP contribution >= 0.6 is 11.3 Å². The number of pyridine rings is 1. The molecule has 0 atom stereocenters. The molecule has 22 heavy (non-hydrogen) atoms. The van der Waals surface area contributed by atoms with Crippen molar-refractivity contribution in [2.45, 2.75) is 6.92 Å². The van der Waals surface area contributed by atoms with E-state index >= 15 is 0 Å². The Kier molecular flexibility index (Phi) is 3.34. The molecule has 0 aliphatic carbocycles. The lowest BCUT2D eigenvalue weighted by Crippen LogP contribution is -2.11. The van der Waals surface area contributed by atoms with E-state index in [2.05, 4.69) is 10.3 Å². The number of anilines is 2. The third-order valence-electron chi connectivity index (χ3n) is 3.28. The predicted molar refractivity (Wildman–Crippen MR) is 86.5 cm³/mol. The number of thiophene rings is 1. The molecule has 7 heteroatoms. The Morgan fingerprint density at radius 1 is 1.27 bits per heavy atom. The highest BCUT2D eigenvalue weighted by Crippen LogP contribution is 2.35. The number of phenolic OH excluding ortho intramolecular Hbond substituents is 2. The van der Waals surface area contributed by atoms with Gasteiger partial charge < -0.3 is 21.3 Å². The van der Waals surface area contributed by atoms with Crippen molar-refractivity contribution in [3.8, 4) is 11.5 Å². The Hall–Kier alpha value is -2.80. The minimum atomic E-state index is -0.384. The summed E-state index contributed by atoms with van der Waals surface area (Å²) in [5.41, 5.74) is 7.78. The van der Waals surface area contributed by atoms with Crippen LogP contribution in [0.5, 0.6) is 11.5 Å². The summed E-state index contributed by atoms with van der Waals surface area (Å²) >= 11 is 1.21. The standard InChI is InChI=1S/C15H13N3O3S/c1-7-4-5-17-15-11(7)12(16)13(22-15)14(21)18-8-2-3-9(19)10(20)6-8/h2-6,19-20H,16H2,1H3,(H,18,21). The van der Waals surface area contributed by atoms with Gasteiger partial charge in [-0.15, -0.1) is 11.3 Å². The number of fused-ring (bicyclic) bond motifs is 1. The lowest BCUT2D eigenvalue weighted by Gasteiger charge is -2.06. The molecule has 1 aromatic carbocycles. The van der Waals surface area contributed by atoms with E-state index in [0.29, 0.717) is 21.1 Å². The van der Waals surface area contributed by atoms with Crippen molar-refractivity contribution in [3.63, 3.8) is 0 Å². The smallest absolute Gasteiger partial charge is 0.267 e. The number of carbonyl (C=O) groups is 1. The number of aromatic hydroxyl groups is 2. The van der Waals surface area contributed by atoms with Gasteiger partial charge in [-0.3, -0.25) is 4.79 Å². The van der Waals surface area contributed by atoms with Gasteiger partial charge in [-0.2, -0.15) is 0 Å². The Labute approximate surface area is 129 Å². The number of hydrogen-bond acceptors (Lipinski definition) is 6. The maximum atomic E-state index is 12.4. The van der Waals surface area contributed by atoms with Gasteiger partial charge in [-0.05, 0) is 30.7 Å². The number of nitrogens with one attached hydrogen (secondary N) is 1. The molecule has 3 aromatic rings. The summed E-state index contributed by atoms with van der Waals surface area (Å²) in [6.07, 6.45) is 1.67. The number of nitrogens with two attached hydrogens (primary N) is 1. The van der Waals surface area contributed by atoms with Crippen LogP contribution in [0.15, 0.2) is 30.5 Å². The molecule has 0 aliphatic rings. The van der Waals surface area contributed by atoms with Gasteiger partial charge in [-0.1, -0.05) is 0 Å². The molecule has 0 fully saturated rings.